The third kappa shape index (κ3) is 9.79. The molecule has 0 aromatic carbocycles. The molecule has 2 amide bonds. The molecule has 0 heterocycles. The SMILES string of the molecule is CC(C)CC(N)C(=O)NC(CCCN=C(N)N)C(=O)NC(CO)C(=O)O. The minimum absolute atomic E-state index is 0.0970. The molecule has 10 N–H and O–H groups in total. The maximum absolute atomic E-state index is 12.3. The van der Waals surface area contributed by atoms with Crippen LogP contribution in [0.2, 0.25) is 0 Å². The number of aliphatic carboxylic acids is 1. The summed E-state index contributed by atoms with van der Waals surface area (Å²) in [5.41, 5.74) is 16.2. The van der Waals surface area contributed by atoms with Crippen molar-refractivity contribution >= 4 is 23.7 Å². The van der Waals surface area contributed by atoms with Gasteiger partial charge in [-0.3, -0.25) is 14.6 Å². The summed E-state index contributed by atoms with van der Waals surface area (Å²) in [6.07, 6.45) is 0.968. The van der Waals surface area contributed by atoms with Gasteiger partial charge < -0.3 is 38.0 Å². The number of aliphatic imine (C=N–C) groups is 1. The number of hydrogen-bond donors (Lipinski definition) is 7. The van der Waals surface area contributed by atoms with Crippen LogP contribution in [-0.2, 0) is 14.4 Å². The monoisotopic (exact) mass is 374 g/mol. The van der Waals surface area contributed by atoms with Crippen LogP contribution >= 0.6 is 0 Å². The minimum Gasteiger partial charge on any atom is -0.480 e. The topological polar surface area (TPSA) is 206 Å². The molecule has 0 aromatic heterocycles. The molecule has 26 heavy (non-hydrogen) atoms. The Kier molecular flexibility index (Phi) is 10.9. The van der Waals surface area contributed by atoms with Crippen LogP contribution in [0.25, 0.3) is 0 Å². The van der Waals surface area contributed by atoms with Crippen molar-refractivity contribution in [2.75, 3.05) is 13.2 Å². The van der Waals surface area contributed by atoms with Crippen molar-refractivity contribution < 1.29 is 24.6 Å². The second-order valence-corrected chi connectivity index (χ2v) is 6.33. The van der Waals surface area contributed by atoms with Crippen LogP contribution in [0.15, 0.2) is 4.99 Å². The highest BCUT2D eigenvalue weighted by molar-refractivity contribution is 5.91. The summed E-state index contributed by atoms with van der Waals surface area (Å²) in [7, 11) is 0. The Morgan fingerprint density at radius 2 is 1.65 bits per heavy atom. The van der Waals surface area contributed by atoms with E-state index in [9.17, 15) is 14.4 Å². The van der Waals surface area contributed by atoms with Crippen LogP contribution in [0, 0.1) is 5.92 Å². The molecule has 0 fully saturated rings. The van der Waals surface area contributed by atoms with Crippen LogP contribution in [0.5, 0.6) is 0 Å². The van der Waals surface area contributed by atoms with Crippen molar-refractivity contribution in [1.82, 2.24) is 10.6 Å². The molecule has 11 nitrogen and oxygen atoms in total. The number of hydrogen-bond acceptors (Lipinski definition) is 6. The predicted molar refractivity (Wildman–Crippen MR) is 95.9 cm³/mol. The average Bonchev–Trinajstić information content (AvgIpc) is 2.53. The zero-order valence-electron chi connectivity index (χ0n) is 15.1. The first kappa shape index (κ1) is 23.6. The third-order valence-corrected chi connectivity index (χ3v) is 3.44. The van der Waals surface area contributed by atoms with E-state index in [2.05, 4.69) is 15.6 Å². The molecule has 0 rings (SSSR count). The van der Waals surface area contributed by atoms with Crippen molar-refractivity contribution in [2.24, 2.45) is 28.1 Å². The summed E-state index contributed by atoms with van der Waals surface area (Å²) in [6, 6.07) is -3.29. The maximum Gasteiger partial charge on any atom is 0.328 e. The Hall–Kier alpha value is -2.40. The number of nitrogens with one attached hydrogen (secondary N) is 2. The van der Waals surface area contributed by atoms with E-state index in [4.69, 9.17) is 27.4 Å². The Balaban J connectivity index is 4.97. The van der Waals surface area contributed by atoms with E-state index < -0.39 is 42.5 Å². The standard InChI is InChI=1S/C15H30N6O5/c1-8(2)6-9(16)12(23)20-10(4-3-5-19-15(17)18)13(24)21-11(7-22)14(25)26/h8-11,22H,3-7,16H2,1-2H3,(H,20,23)(H,21,24)(H,25,26)(H4,17,18,19). The second kappa shape index (κ2) is 12.0. The van der Waals surface area contributed by atoms with Crippen molar-refractivity contribution in [1.29, 1.82) is 0 Å². The number of amides is 2. The van der Waals surface area contributed by atoms with E-state index in [0.29, 0.717) is 12.8 Å². The fourth-order valence-corrected chi connectivity index (χ4v) is 2.12. The molecule has 0 spiro atoms. The molecule has 11 heteroatoms. The average molecular weight is 374 g/mol. The van der Waals surface area contributed by atoms with E-state index >= 15 is 0 Å². The maximum atomic E-state index is 12.3. The molecule has 3 atom stereocenters. The summed E-state index contributed by atoms with van der Waals surface area (Å²) >= 11 is 0. The van der Waals surface area contributed by atoms with Gasteiger partial charge in [0.15, 0.2) is 5.96 Å². The summed E-state index contributed by atoms with van der Waals surface area (Å²) in [6.45, 7) is 3.28. The number of guanidine groups is 1. The van der Waals surface area contributed by atoms with Gasteiger partial charge in [0, 0.05) is 6.54 Å². The number of carboxylic acid groups (broad SMARTS) is 1. The Bertz CT molecular complexity index is 507. The number of carbonyl (C=O) groups excluding carboxylic acids is 2. The number of aliphatic hydroxyl groups excluding tert-OH is 1. The Morgan fingerprint density at radius 3 is 2.12 bits per heavy atom. The van der Waals surface area contributed by atoms with Crippen molar-refractivity contribution in [2.45, 2.75) is 51.2 Å². The molecule has 0 aliphatic rings. The molecule has 0 saturated carbocycles. The van der Waals surface area contributed by atoms with Gasteiger partial charge >= 0.3 is 5.97 Å². The molecule has 0 saturated heterocycles. The zero-order valence-corrected chi connectivity index (χ0v) is 15.1. The molecule has 3 unspecified atom stereocenters. The number of nitrogens with zero attached hydrogens (tertiary/aromatic N) is 1. The van der Waals surface area contributed by atoms with Crippen LogP contribution in [0.4, 0.5) is 0 Å². The third-order valence-electron chi connectivity index (χ3n) is 3.44. The minimum atomic E-state index is -1.47. The second-order valence-electron chi connectivity index (χ2n) is 6.33. The molecular formula is C15H30N6O5. The van der Waals surface area contributed by atoms with Gasteiger partial charge in [-0.05, 0) is 25.2 Å². The summed E-state index contributed by atoms with van der Waals surface area (Å²) in [4.78, 5) is 39.2. The largest absolute Gasteiger partial charge is 0.480 e. The fourth-order valence-electron chi connectivity index (χ4n) is 2.12. The van der Waals surface area contributed by atoms with Gasteiger partial charge in [-0.2, -0.15) is 0 Å². The summed E-state index contributed by atoms with van der Waals surface area (Å²) in [5.74, 6) is -2.54. The van der Waals surface area contributed by atoms with Gasteiger partial charge in [0.1, 0.15) is 12.1 Å². The molecule has 0 radical (unpaired) electrons. The normalized spacial score (nSPS) is 14.2. The predicted octanol–water partition coefficient (Wildman–Crippen LogP) is -2.54. The zero-order chi connectivity index (χ0) is 20.3. The van der Waals surface area contributed by atoms with Gasteiger partial charge in [0.05, 0.1) is 12.6 Å². The smallest absolute Gasteiger partial charge is 0.328 e. The fraction of sp³-hybridized carbons (Fsp3) is 0.733. The van der Waals surface area contributed by atoms with E-state index in [1.165, 1.54) is 0 Å². The lowest BCUT2D eigenvalue weighted by Crippen LogP contribution is -2.55. The van der Waals surface area contributed by atoms with Gasteiger partial charge in [0.25, 0.3) is 0 Å². The van der Waals surface area contributed by atoms with E-state index in [1.807, 2.05) is 13.8 Å². The lowest BCUT2D eigenvalue weighted by molar-refractivity contribution is -0.143. The van der Waals surface area contributed by atoms with Crippen molar-refractivity contribution in [3.8, 4) is 0 Å². The van der Waals surface area contributed by atoms with E-state index in [-0.39, 0.29) is 24.8 Å². The van der Waals surface area contributed by atoms with Gasteiger partial charge in [-0.25, -0.2) is 4.79 Å². The molecule has 0 aliphatic carbocycles. The molecular weight excluding hydrogens is 344 g/mol. The van der Waals surface area contributed by atoms with Crippen molar-refractivity contribution in [3.05, 3.63) is 0 Å². The Labute approximate surface area is 152 Å². The summed E-state index contributed by atoms with van der Waals surface area (Å²) < 4.78 is 0. The first-order valence-electron chi connectivity index (χ1n) is 8.33. The van der Waals surface area contributed by atoms with E-state index in [0.717, 1.165) is 0 Å². The highest BCUT2D eigenvalue weighted by Crippen LogP contribution is 2.05. The quantitative estimate of drug-likeness (QED) is 0.110. The first-order chi connectivity index (χ1) is 12.1. The molecule has 0 aliphatic heterocycles. The molecule has 0 aromatic rings. The number of nitrogens with two attached hydrogens (primary N) is 3. The number of rotatable bonds is 12. The van der Waals surface area contributed by atoms with Crippen LogP contribution in [0.1, 0.15) is 33.1 Å². The first-order valence-corrected chi connectivity index (χ1v) is 8.33. The lowest BCUT2D eigenvalue weighted by Gasteiger charge is -2.22. The molecule has 150 valence electrons. The lowest BCUT2D eigenvalue weighted by atomic mass is 10.0. The van der Waals surface area contributed by atoms with Crippen LogP contribution < -0.4 is 27.8 Å². The van der Waals surface area contributed by atoms with Gasteiger partial charge in [-0.15, -0.1) is 0 Å². The van der Waals surface area contributed by atoms with E-state index in [1.54, 1.807) is 0 Å². The summed E-state index contributed by atoms with van der Waals surface area (Å²) in [5, 5.41) is 22.6. The number of aliphatic hydroxyl groups is 1. The highest BCUT2D eigenvalue weighted by atomic mass is 16.4. The highest BCUT2D eigenvalue weighted by Gasteiger charge is 2.27. The van der Waals surface area contributed by atoms with Crippen LogP contribution in [0.3, 0.4) is 0 Å². The number of carbonyl (C=O) groups is 3. The van der Waals surface area contributed by atoms with Gasteiger partial charge in [0.2, 0.25) is 11.8 Å². The van der Waals surface area contributed by atoms with Crippen molar-refractivity contribution in [3.63, 3.8) is 0 Å². The molecule has 0 bridgehead atoms. The van der Waals surface area contributed by atoms with Crippen LogP contribution in [-0.4, -0.2) is 65.2 Å². The Morgan fingerprint density at radius 1 is 1.08 bits per heavy atom. The van der Waals surface area contributed by atoms with Gasteiger partial charge in [-0.1, -0.05) is 13.8 Å². The number of carboxylic acids is 1.